The van der Waals surface area contributed by atoms with E-state index in [1.165, 1.54) is 6.92 Å². The van der Waals surface area contributed by atoms with Gasteiger partial charge in [0.15, 0.2) is 6.29 Å². The molecule has 0 heterocycles. The fraction of sp³-hybridized carbons (Fsp3) is 0.850. The summed E-state index contributed by atoms with van der Waals surface area (Å²) in [7, 11) is 0. The van der Waals surface area contributed by atoms with Crippen LogP contribution in [0.5, 0.6) is 0 Å². The van der Waals surface area contributed by atoms with Gasteiger partial charge in [0.2, 0.25) is 6.10 Å². The van der Waals surface area contributed by atoms with Gasteiger partial charge in [0, 0.05) is 0 Å². The molecule has 0 spiro atoms. The molecule has 0 aliphatic heterocycles. The number of halogens is 10. The molecule has 0 amide bonds. The van der Waals surface area contributed by atoms with Gasteiger partial charge in [-0.1, -0.05) is 6.58 Å². The van der Waals surface area contributed by atoms with Crippen molar-refractivity contribution in [1.29, 1.82) is 0 Å². The average Bonchev–Trinajstić information content (AvgIpc) is 2.62. The molecule has 0 aromatic carbocycles. The first-order chi connectivity index (χ1) is 15.2. The summed E-state index contributed by atoms with van der Waals surface area (Å²) in [5.41, 5.74) is -3.02. The van der Waals surface area contributed by atoms with E-state index in [1.807, 2.05) is 0 Å². The van der Waals surface area contributed by atoms with Crippen molar-refractivity contribution < 1.29 is 63.3 Å². The van der Waals surface area contributed by atoms with E-state index in [9.17, 15) is 53.8 Å². The molecule has 14 heteroatoms. The molecule has 1 N–H and O–H groups in total. The fourth-order valence-corrected chi connectivity index (χ4v) is 5.80. The minimum absolute atomic E-state index is 0.168. The first-order valence-electron chi connectivity index (χ1n) is 10.3. The molecule has 0 aromatic heterocycles. The summed E-state index contributed by atoms with van der Waals surface area (Å²) < 4.78 is 142. The number of alkyl halides is 10. The van der Waals surface area contributed by atoms with Crippen LogP contribution in [0.1, 0.15) is 45.4 Å². The minimum atomic E-state index is -6.86. The SMILES string of the molecule is C=C(C)C(O)OC12CC3CC(C1)CC(C(=O)OC(C(F)(F)C(F)(F)F)C(F)(F)C(F)(F)F)(C3)C2. The Bertz CT molecular complexity index is 794. The lowest BCUT2D eigenvalue weighted by atomic mass is 9.48. The van der Waals surface area contributed by atoms with Crippen LogP contribution in [0.2, 0.25) is 0 Å². The van der Waals surface area contributed by atoms with Crippen molar-refractivity contribution in [2.75, 3.05) is 0 Å². The van der Waals surface area contributed by atoms with Crippen molar-refractivity contribution in [2.45, 2.75) is 87.6 Å². The lowest BCUT2D eigenvalue weighted by Crippen LogP contribution is -2.65. The van der Waals surface area contributed by atoms with Gasteiger partial charge in [-0.2, -0.15) is 43.9 Å². The zero-order chi connectivity index (χ0) is 26.1. The number of esters is 1. The number of hydrogen-bond acceptors (Lipinski definition) is 4. The summed E-state index contributed by atoms with van der Waals surface area (Å²) in [6, 6.07) is 0. The maximum atomic E-state index is 13.8. The van der Waals surface area contributed by atoms with Crippen LogP contribution in [0.4, 0.5) is 43.9 Å². The molecule has 34 heavy (non-hydrogen) atoms. The van der Waals surface area contributed by atoms with E-state index >= 15 is 0 Å². The average molecular weight is 516 g/mol. The zero-order valence-electron chi connectivity index (χ0n) is 17.7. The van der Waals surface area contributed by atoms with Crippen molar-refractivity contribution in [2.24, 2.45) is 17.3 Å². The van der Waals surface area contributed by atoms with Gasteiger partial charge in [-0.15, -0.1) is 0 Å². The van der Waals surface area contributed by atoms with Gasteiger partial charge >= 0.3 is 30.2 Å². The van der Waals surface area contributed by atoms with Crippen molar-refractivity contribution in [1.82, 2.24) is 0 Å². The van der Waals surface area contributed by atoms with E-state index in [-0.39, 0.29) is 43.1 Å². The maximum Gasteiger partial charge on any atom is 0.457 e. The molecular weight excluding hydrogens is 494 g/mol. The molecule has 196 valence electrons. The normalized spacial score (nSPS) is 32.7. The Hall–Kier alpha value is -1.57. The third kappa shape index (κ3) is 4.40. The van der Waals surface area contributed by atoms with Gasteiger partial charge in [-0.3, -0.25) is 4.79 Å². The summed E-state index contributed by atoms with van der Waals surface area (Å²) in [5, 5.41) is 10.1. The largest absolute Gasteiger partial charge is 0.457 e. The molecule has 0 aromatic rings. The second kappa shape index (κ2) is 7.97. The van der Waals surface area contributed by atoms with E-state index in [0.717, 1.165) is 0 Å². The van der Waals surface area contributed by atoms with Gasteiger partial charge in [0.1, 0.15) is 0 Å². The molecule has 4 nitrogen and oxygen atoms in total. The third-order valence-corrected chi connectivity index (χ3v) is 6.86. The number of ether oxygens (including phenoxy) is 2. The molecule has 3 atom stereocenters. The molecule has 3 unspecified atom stereocenters. The molecular formula is C20H22F10O4. The van der Waals surface area contributed by atoms with Crippen LogP contribution < -0.4 is 0 Å². The maximum absolute atomic E-state index is 13.8. The molecule has 0 saturated heterocycles. The second-order valence-electron chi connectivity index (χ2n) is 9.77. The van der Waals surface area contributed by atoms with Crippen molar-refractivity contribution >= 4 is 5.97 Å². The molecule has 4 aliphatic carbocycles. The van der Waals surface area contributed by atoms with Crippen LogP contribution in [0, 0.1) is 17.3 Å². The lowest BCUT2D eigenvalue weighted by molar-refractivity contribution is -0.386. The highest BCUT2D eigenvalue weighted by atomic mass is 19.4. The first kappa shape index (κ1) is 27.0. The Morgan fingerprint density at radius 3 is 1.74 bits per heavy atom. The molecule has 4 aliphatic rings. The smallest absolute Gasteiger partial charge is 0.448 e. The minimum Gasteiger partial charge on any atom is -0.448 e. The zero-order valence-corrected chi connectivity index (χ0v) is 17.7. The highest BCUT2D eigenvalue weighted by molar-refractivity contribution is 5.78. The Morgan fingerprint density at radius 2 is 1.35 bits per heavy atom. The number of rotatable bonds is 7. The molecule has 4 saturated carbocycles. The highest BCUT2D eigenvalue weighted by Crippen LogP contribution is 2.64. The van der Waals surface area contributed by atoms with Gasteiger partial charge in [-0.25, -0.2) is 0 Å². The van der Waals surface area contributed by atoms with Crippen LogP contribution >= 0.6 is 0 Å². The van der Waals surface area contributed by atoms with E-state index < -0.39 is 60.0 Å². The third-order valence-electron chi connectivity index (χ3n) is 6.86. The Balaban J connectivity index is 1.96. The van der Waals surface area contributed by atoms with E-state index in [4.69, 9.17) is 4.74 Å². The molecule has 0 radical (unpaired) electrons. The van der Waals surface area contributed by atoms with Crippen LogP contribution in [0.3, 0.4) is 0 Å². The molecule has 4 bridgehead atoms. The summed E-state index contributed by atoms with van der Waals surface area (Å²) >= 11 is 0. The predicted molar refractivity (Wildman–Crippen MR) is 93.6 cm³/mol. The number of aliphatic hydroxyl groups excluding tert-OH is 1. The van der Waals surface area contributed by atoms with E-state index in [1.54, 1.807) is 0 Å². The topological polar surface area (TPSA) is 55.8 Å². The molecule has 4 rings (SSSR count). The summed E-state index contributed by atoms with van der Waals surface area (Å²) in [6.07, 6.45) is -20.1. The monoisotopic (exact) mass is 516 g/mol. The van der Waals surface area contributed by atoms with Gasteiger partial charge in [0.05, 0.1) is 11.0 Å². The number of aliphatic hydroxyl groups is 1. The number of hydrogen-bond donors (Lipinski definition) is 1. The van der Waals surface area contributed by atoms with Gasteiger partial charge < -0.3 is 14.6 Å². The van der Waals surface area contributed by atoms with E-state index in [2.05, 4.69) is 11.3 Å². The Labute approximate surface area is 187 Å². The fourth-order valence-electron chi connectivity index (χ4n) is 5.80. The van der Waals surface area contributed by atoms with Crippen LogP contribution in [-0.2, 0) is 14.3 Å². The van der Waals surface area contributed by atoms with Crippen molar-refractivity contribution in [3.05, 3.63) is 12.2 Å². The van der Waals surface area contributed by atoms with Crippen molar-refractivity contribution in [3.63, 3.8) is 0 Å². The number of carbonyl (C=O) groups is 1. The van der Waals surface area contributed by atoms with Crippen LogP contribution in [0.25, 0.3) is 0 Å². The van der Waals surface area contributed by atoms with Crippen LogP contribution in [0.15, 0.2) is 12.2 Å². The number of carbonyl (C=O) groups excluding carboxylic acids is 1. The van der Waals surface area contributed by atoms with Crippen LogP contribution in [-0.4, -0.2) is 53.3 Å². The Morgan fingerprint density at radius 1 is 0.912 bits per heavy atom. The quantitative estimate of drug-likeness (QED) is 0.209. The Kier molecular flexibility index (Phi) is 6.33. The van der Waals surface area contributed by atoms with Crippen molar-refractivity contribution in [3.8, 4) is 0 Å². The van der Waals surface area contributed by atoms with Gasteiger partial charge in [-0.05, 0) is 62.9 Å². The summed E-state index contributed by atoms with van der Waals surface area (Å²) in [5.74, 6) is -16.1. The summed E-state index contributed by atoms with van der Waals surface area (Å²) in [6.45, 7) is 4.91. The van der Waals surface area contributed by atoms with E-state index in [0.29, 0.717) is 6.42 Å². The molecule has 4 fully saturated rings. The highest BCUT2D eigenvalue weighted by Gasteiger charge is 2.79. The summed E-state index contributed by atoms with van der Waals surface area (Å²) in [4.78, 5) is 12.9. The second-order valence-corrected chi connectivity index (χ2v) is 9.77. The standard InChI is InChI=1S/C20H22F10O4/c1-9(2)12(31)34-16-6-10-3-11(7-16)5-15(4-10,8-16)14(32)33-13(17(21,22)19(25,26)27)18(23,24)20(28,29)30/h10-13,31H,1,3-8H2,2H3. The predicted octanol–water partition coefficient (Wildman–Crippen LogP) is 5.54. The lowest BCUT2D eigenvalue weighted by Gasteiger charge is -2.60. The van der Waals surface area contributed by atoms with Gasteiger partial charge in [0.25, 0.3) is 0 Å². The first-order valence-corrected chi connectivity index (χ1v) is 10.3.